The number of phenols is 1. The molecule has 0 saturated heterocycles. The van der Waals surface area contributed by atoms with E-state index < -0.39 is 0 Å². The Balaban J connectivity index is 1.87. The lowest BCUT2D eigenvalue weighted by Gasteiger charge is -2.07. The van der Waals surface area contributed by atoms with Crippen LogP contribution in [0.4, 0.5) is 5.13 Å². The highest BCUT2D eigenvalue weighted by Gasteiger charge is 2.08. The average molecular weight is 302 g/mol. The smallest absolute Gasteiger partial charge is 0.275 e. The van der Waals surface area contributed by atoms with Crippen LogP contribution in [0.25, 0.3) is 4.96 Å². The van der Waals surface area contributed by atoms with Crippen molar-refractivity contribution in [3.63, 3.8) is 0 Å². The molecule has 0 fully saturated rings. The average Bonchev–Trinajstić information content (AvgIpc) is 2.83. The van der Waals surface area contributed by atoms with Crippen molar-refractivity contribution in [3.05, 3.63) is 51.4 Å². The Hall–Kier alpha value is -2.41. The Morgan fingerprint density at radius 3 is 3.00 bits per heavy atom. The highest BCUT2D eigenvalue weighted by molar-refractivity contribution is 7.20. The van der Waals surface area contributed by atoms with Crippen LogP contribution in [0.1, 0.15) is 16.8 Å². The Morgan fingerprint density at radius 1 is 1.38 bits per heavy atom. The highest BCUT2D eigenvalue weighted by Crippen LogP contribution is 2.22. The van der Waals surface area contributed by atoms with Crippen LogP contribution in [0.2, 0.25) is 0 Å². The van der Waals surface area contributed by atoms with Gasteiger partial charge < -0.3 is 10.4 Å². The van der Waals surface area contributed by atoms with Crippen molar-refractivity contribution in [1.82, 2.24) is 14.6 Å². The largest absolute Gasteiger partial charge is 0.508 e. The second-order valence-electron chi connectivity index (χ2n) is 4.75. The molecule has 0 saturated carbocycles. The second-order valence-corrected chi connectivity index (χ2v) is 5.71. The van der Waals surface area contributed by atoms with Gasteiger partial charge in [0.1, 0.15) is 5.75 Å². The fourth-order valence-electron chi connectivity index (χ4n) is 2.02. The molecule has 3 rings (SSSR count). The predicted molar refractivity (Wildman–Crippen MR) is 82.0 cm³/mol. The van der Waals surface area contributed by atoms with Crippen LogP contribution < -0.4 is 10.9 Å². The Bertz CT molecular complexity index is 869. The summed E-state index contributed by atoms with van der Waals surface area (Å²) in [6.07, 6.45) is 0. The van der Waals surface area contributed by atoms with E-state index in [1.807, 2.05) is 13.0 Å². The summed E-state index contributed by atoms with van der Waals surface area (Å²) >= 11 is 1.32. The van der Waals surface area contributed by atoms with Crippen molar-refractivity contribution in [1.29, 1.82) is 0 Å². The van der Waals surface area contributed by atoms with Crippen LogP contribution in [-0.4, -0.2) is 19.7 Å². The summed E-state index contributed by atoms with van der Waals surface area (Å²) in [5, 5.41) is 17.7. The van der Waals surface area contributed by atoms with Gasteiger partial charge in [-0.25, -0.2) is 4.98 Å². The second kappa shape index (κ2) is 5.17. The molecule has 108 valence electrons. The lowest BCUT2D eigenvalue weighted by Crippen LogP contribution is -2.14. The number of anilines is 1. The number of phenolic OH excluding ortho intramolecular Hbond substituents is 1. The van der Waals surface area contributed by atoms with Crippen molar-refractivity contribution >= 4 is 21.4 Å². The van der Waals surface area contributed by atoms with Crippen molar-refractivity contribution < 1.29 is 5.11 Å². The molecule has 0 bridgehead atoms. The maximum Gasteiger partial charge on any atom is 0.275 e. The molecule has 0 spiro atoms. The molecule has 0 atom stereocenters. The maximum absolute atomic E-state index is 11.8. The molecular weight excluding hydrogens is 288 g/mol. The summed E-state index contributed by atoms with van der Waals surface area (Å²) < 4.78 is 1.29. The Labute approximate surface area is 124 Å². The first-order chi connectivity index (χ1) is 10.0. The van der Waals surface area contributed by atoms with Gasteiger partial charge in [0, 0.05) is 18.3 Å². The summed E-state index contributed by atoms with van der Waals surface area (Å²) in [7, 11) is 0. The van der Waals surface area contributed by atoms with E-state index in [0.29, 0.717) is 22.3 Å². The molecule has 6 nitrogen and oxygen atoms in total. The van der Waals surface area contributed by atoms with Crippen molar-refractivity contribution in [2.24, 2.45) is 0 Å². The minimum Gasteiger partial charge on any atom is -0.508 e. The molecule has 21 heavy (non-hydrogen) atoms. The number of rotatable bonds is 3. The third-order valence-electron chi connectivity index (χ3n) is 3.22. The van der Waals surface area contributed by atoms with Crippen molar-refractivity contribution in [2.45, 2.75) is 20.4 Å². The molecule has 0 amide bonds. The third-order valence-corrected chi connectivity index (χ3v) is 4.09. The van der Waals surface area contributed by atoms with E-state index in [1.54, 1.807) is 19.1 Å². The number of nitrogens with one attached hydrogen (secondary N) is 1. The van der Waals surface area contributed by atoms with E-state index in [4.69, 9.17) is 0 Å². The number of aryl methyl sites for hydroxylation is 1. The summed E-state index contributed by atoms with van der Waals surface area (Å²) in [6, 6.07) is 6.84. The standard InChI is InChI=1S/C14H14N4O2S/c1-8-6-12(20)18-14(16-8)21-13(17-18)15-7-10-4-3-5-11(19)9(10)2/h3-6,19H,7H2,1-2H3,(H,15,17). The monoisotopic (exact) mass is 302 g/mol. The first-order valence-electron chi connectivity index (χ1n) is 6.43. The number of hydrogen-bond acceptors (Lipinski definition) is 6. The maximum atomic E-state index is 11.8. The van der Waals surface area contributed by atoms with Gasteiger partial charge in [0.25, 0.3) is 5.56 Å². The van der Waals surface area contributed by atoms with Gasteiger partial charge in [0.15, 0.2) is 0 Å². The van der Waals surface area contributed by atoms with Crippen molar-refractivity contribution in [2.75, 3.05) is 5.32 Å². The topological polar surface area (TPSA) is 79.5 Å². The Kier molecular flexibility index (Phi) is 3.34. The van der Waals surface area contributed by atoms with E-state index in [0.717, 1.165) is 11.1 Å². The number of aromatic hydroxyl groups is 1. The molecular formula is C14H14N4O2S. The predicted octanol–water partition coefficient (Wildman–Crippen LogP) is 2.09. The van der Waals surface area contributed by atoms with Gasteiger partial charge in [0.05, 0.1) is 0 Å². The number of hydrogen-bond donors (Lipinski definition) is 2. The highest BCUT2D eigenvalue weighted by atomic mass is 32.1. The molecule has 1 aromatic carbocycles. The van der Waals surface area contributed by atoms with E-state index in [-0.39, 0.29) is 11.3 Å². The summed E-state index contributed by atoms with van der Waals surface area (Å²) in [4.78, 5) is 16.6. The summed E-state index contributed by atoms with van der Waals surface area (Å²) in [5.74, 6) is 0.270. The normalized spacial score (nSPS) is 11.0. The van der Waals surface area contributed by atoms with Gasteiger partial charge in [-0.05, 0) is 31.0 Å². The minimum absolute atomic E-state index is 0.185. The van der Waals surface area contributed by atoms with Gasteiger partial charge in [-0.2, -0.15) is 4.52 Å². The van der Waals surface area contributed by atoms with Crippen LogP contribution in [-0.2, 0) is 6.54 Å². The molecule has 0 radical (unpaired) electrons. The fraction of sp³-hybridized carbons (Fsp3) is 0.214. The zero-order valence-electron chi connectivity index (χ0n) is 11.6. The third kappa shape index (κ3) is 2.59. The summed E-state index contributed by atoms with van der Waals surface area (Å²) in [5.41, 5.74) is 2.30. The molecule has 7 heteroatoms. The molecule has 2 N–H and O–H groups in total. The van der Waals surface area contributed by atoms with Crippen LogP contribution in [0.15, 0.2) is 29.1 Å². The molecule has 2 heterocycles. The molecule has 0 aliphatic carbocycles. The van der Waals surface area contributed by atoms with Crippen LogP contribution >= 0.6 is 11.3 Å². The molecule has 3 aromatic rings. The lowest BCUT2D eigenvalue weighted by atomic mass is 10.1. The van der Waals surface area contributed by atoms with E-state index in [9.17, 15) is 9.90 Å². The zero-order chi connectivity index (χ0) is 15.0. The van der Waals surface area contributed by atoms with Gasteiger partial charge in [-0.15, -0.1) is 5.10 Å². The fourth-order valence-corrected chi connectivity index (χ4v) is 2.87. The SMILES string of the molecule is Cc1cc(=O)n2nc(NCc3cccc(O)c3C)sc2n1. The van der Waals surface area contributed by atoms with Crippen LogP contribution in [0.3, 0.4) is 0 Å². The van der Waals surface area contributed by atoms with Gasteiger partial charge >= 0.3 is 0 Å². The number of aromatic nitrogens is 3. The van der Waals surface area contributed by atoms with Crippen LogP contribution in [0, 0.1) is 13.8 Å². The van der Waals surface area contributed by atoms with Crippen molar-refractivity contribution in [3.8, 4) is 5.75 Å². The first-order valence-corrected chi connectivity index (χ1v) is 7.25. The van der Waals surface area contributed by atoms with Gasteiger partial charge in [-0.1, -0.05) is 23.5 Å². The van der Waals surface area contributed by atoms with E-state index >= 15 is 0 Å². The van der Waals surface area contributed by atoms with Gasteiger partial charge in [0.2, 0.25) is 10.1 Å². The lowest BCUT2D eigenvalue weighted by molar-refractivity contribution is 0.470. The Morgan fingerprint density at radius 2 is 2.19 bits per heavy atom. The molecule has 0 aliphatic heterocycles. The number of benzene rings is 1. The van der Waals surface area contributed by atoms with Crippen LogP contribution in [0.5, 0.6) is 5.75 Å². The number of fused-ring (bicyclic) bond motifs is 1. The zero-order valence-corrected chi connectivity index (χ0v) is 12.4. The molecule has 2 aromatic heterocycles. The number of nitrogens with zero attached hydrogens (tertiary/aromatic N) is 3. The van der Waals surface area contributed by atoms with E-state index in [1.165, 1.54) is 21.9 Å². The first kappa shape index (κ1) is 13.6. The van der Waals surface area contributed by atoms with E-state index in [2.05, 4.69) is 15.4 Å². The van der Waals surface area contributed by atoms with Gasteiger partial charge in [-0.3, -0.25) is 4.79 Å². The minimum atomic E-state index is -0.185. The summed E-state index contributed by atoms with van der Waals surface area (Å²) in [6.45, 7) is 4.16. The molecule has 0 unspecified atom stereocenters. The molecule has 0 aliphatic rings. The quantitative estimate of drug-likeness (QED) is 0.774.